The van der Waals surface area contributed by atoms with Crippen molar-refractivity contribution in [3.05, 3.63) is 131 Å². The van der Waals surface area contributed by atoms with E-state index in [0.29, 0.717) is 208 Å². The Morgan fingerprint density at radius 1 is 0.396 bits per heavy atom. The number of hydrogen-bond acceptors (Lipinski definition) is 32. The van der Waals surface area contributed by atoms with E-state index in [4.69, 9.17) is 57.8 Å². The number of nitrogens with zero attached hydrogens (tertiary/aromatic N) is 8. The molecule has 13 unspecified atom stereocenters. The second kappa shape index (κ2) is 65.4. The van der Waals surface area contributed by atoms with Crippen molar-refractivity contribution in [3.8, 4) is 22.8 Å². The lowest BCUT2D eigenvalue weighted by atomic mass is 9.95. The molecule has 0 bridgehead atoms. The predicted octanol–water partition coefficient (Wildman–Crippen LogP) is 5.39. The lowest BCUT2D eigenvalue weighted by molar-refractivity contribution is -0.139. The number of aliphatic carboxylic acids is 5. The van der Waals surface area contributed by atoms with Crippen LogP contribution in [0.25, 0.3) is 22.8 Å². The second-order valence-electron chi connectivity index (χ2n) is 35.0. The Labute approximate surface area is 823 Å². The van der Waals surface area contributed by atoms with Crippen LogP contribution in [-0.4, -0.2) is 267 Å². The van der Waals surface area contributed by atoms with Crippen molar-refractivity contribution < 1.29 is 83.0 Å². The monoisotopic (exact) mass is 1970 g/mol. The Morgan fingerprint density at radius 3 is 1.15 bits per heavy atom. The molecule has 6 aromatic rings. The number of carbonyl (C=O) groups excluding carboxylic acids is 6. The van der Waals surface area contributed by atoms with E-state index in [2.05, 4.69) is 99.3 Å². The third-order valence-corrected chi connectivity index (χ3v) is 24.2. The molecule has 0 saturated carbocycles. The van der Waals surface area contributed by atoms with Crippen molar-refractivity contribution >= 4 is 112 Å². The number of amides is 2. The van der Waals surface area contributed by atoms with Gasteiger partial charge in [0.15, 0.2) is 21.9 Å². The zero-order valence-corrected chi connectivity index (χ0v) is 79.7. The first-order valence-electron chi connectivity index (χ1n) is 47.1. The van der Waals surface area contributed by atoms with Gasteiger partial charge >= 0.3 is 29.8 Å². The smallest absolute Gasteiger partial charge is 0.304 e. The molecule has 4 heterocycles. The number of carbonyl (C=O) groups is 11. The van der Waals surface area contributed by atoms with Gasteiger partial charge in [-0.25, -0.2) is 0 Å². The third-order valence-electron chi connectivity index (χ3n) is 23.7. The maximum absolute atomic E-state index is 12.7. The summed E-state index contributed by atoms with van der Waals surface area (Å²) < 4.78 is 5.06. The van der Waals surface area contributed by atoms with E-state index in [1.165, 1.54) is 0 Å². The fourth-order valence-electron chi connectivity index (χ4n) is 15.9. The average Bonchev–Trinajstić information content (AvgIpc) is 1.18. The first kappa shape index (κ1) is 118. The Kier molecular flexibility index (Phi) is 55.6. The summed E-state index contributed by atoms with van der Waals surface area (Å²) in [7, 11) is 0. The summed E-state index contributed by atoms with van der Waals surface area (Å²) in [6.07, 6.45) is 13.7. The Morgan fingerprint density at radius 2 is 0.748 bits per heavy atom. The molecule has 2 fully saturated rings. The van der Waals surface area contributed by atoms with Crippen LogP contribution in [0.4, 0.5) is 11.4 Å². The number of aryl methyl sites for hydroxylation is 4. The molecule has 13 atom stereocenters. The number of benzene rings is 4. The van der Waals surface area contributed by atoms with Crippen LogP contribution in [0.2, 0.25) is 0 Å². The van der Waals surface area contributed by atoms with Gasteiger partial charge < -0.3 is 117 Å². The summed E-state index contributed by atoms with van der Waals surface area (Å²) >= 11 is 11.0. The number of aromatic nitrogens is 8. The van der Waals surface area contributed by atoms with Gasteiger partial charge in [0.2, 0.25) is 23.5 Å². The quantitative estimate of drug-likeness (QED) is 0.0129. The number of ketones is 3. The molecule has 764 valence electrons. The molecule has 0 spiro atoms. The molecule has 0 radical (unpaired) electrons. The molecule has 2 amide bonds. The van der Waals surface area contributed by atoms with Gasteiger partial charge in [-0.2, -0.15) is 0 Å². The number of carboxylic acid groups (broad SMARTS) is 5. The highest BCUT2D eigenvalue weighted by molar-refractivity contribution is 7.80. The molecular formula is C96H146N24O17S2. The highest BCUT2D eigenvalue weighted by Crippen LogP contribution is 2.24. The van der Waals surface area contributed by atoms with Gasteiger partial charge in [0.05, 0.1) is 55.9 Å². The van der Waals surface area contributed by atoms with Crippen molar-refractivity contribution in [2.24, 2.45) is 34.6 Å². The topological polar surface area (TPSA) is 664 Å². The largest absolute Gasteiger partial charge is 0.481 e. The molecular weight excluding hydrogens is 1830 g/mol. The molecule has 8 rings (SSSR count). The Balaban J connectivity index is 0.000000487. The SMILES string of the molecule is C.C.Cc1nnc(-c2ccc(CCC(=O)C(N)CCCCNC(=O)C(N)CCCCCC(=O)C(N)CCCCNC(=S)Nc3ccc(CC4NC(COC=O)CCC(CC(=O)O)CNC4CC(=O)O)cc3)cc2)nn1.Cc1nnc(-c2ccc(CCC(=O)C(N)CCCCNC(=O)C(N)CCCCNC(=S)Nc3ccc(CC4NC(CC(=O)O)CNC(CC(=O)O)CNC4CC(=O)O)cc3)cc2)nn1. The summed E-state index contributed by atoms with van der Waals surface area (Å²) in [5.74, 6) is -3.77. The van der Waals surface area contributed by atoms with Gasteiger partial charge in [-0.3, -0.25) is 52.7 Å². The number of rotatable bonds is 58. The normalized spacial score (nSPS) is 18.1. The van der Waals surface area contributed by atoms with E-state index in [1.54, 1.807) is 13.8 Å². The first-order valence-corrected chi connectivity index (χ1v) is 47.9. The maximum atomic E-state index is 12.7. The summed E-state index contributed by atoms with van der Waals surface area (Å²) in [4.78, 5) is 132. The van der Waals surface area contributed by atoms with Crippen LogP contribution in [-0.2, 0) is 83.2 Å². The van der Waals surface area contributed by atoms with E-state index in [1.807, 2.05) is 97.1 Å². The molecule has 0 aliphatic carbocycles. The molecule has 2 aromatic heterocycles. The summed E-state index contributed by atoms with van der Waals surface area (Å²) in [6, 6.07) is 24.0. The van der Waals surface area contributed by atoms with Gasteiger partial charge in [0.25, 0.3) is 6.47 Å². The number of Topliss-reactive ketones (excluding diaryl/α,β-unsaturated/α-hetero) is 3. The average molecular weight is 1970 g/mol. The van der Waals surface area contributed by atoms with E-state index < -0.39 is 90.3 Å². The summed E-state index contributed by atoms with van der Waals surface area (Å²) in [5, 5.41) is 115. The van der Waals surface area contributed by atoms with Gasteiger partial charge in [-0.15, -0.1) is 40.8 Å². The standard InChI is InChI=1S/C51H76N12O9S.C43H62N12O8S.2CH4/c1-33-60-62-49(63-61-33)37-19-13-34(14-20-37)18-24-46(66)41(53)10-5-7-25-55-50(71)42(54)11-3-2-4-12-45(65)40(52)9-6-8-26-56-51(73)59-38-21-15-35(16-22-38)27-44-43(29-48(69)70)57-30-36(28-47(67)68)17-23-39(58-44)31-72-32-64;1-26-52-54-41(55-53-26)29-13-8-27(9-14-29)12-17-37(56)33(44)6-2-4-18-46-42(63)34(45)7-3-5-19-47-43(64)51-30-15-10-28(11-16-30)20-36-35(23-40(61)62)49-24-31(21-38(57)58)48-25-32(50-36)22-39(59)60;;/h13-16,19-22,32,36,39-44,57-58H,2-12,17-18,23-31,52-54H2,1H3,(H,55,71)(H,67,68)(H,69,70)(H2,56,59,73);8-11,13-16,31-36,48-50H,2-7,12,17-25,44-45H2,1H3,(H,46,63)(H,57,58)(H,59,60)(H,61,62)(H2,47,51,64);2*1H4. The fraction of sp³-hybridized carbons (Fsp3) is 0.573. The number of hydrogen-bond donors (Lipinski definition) is 21. The van der Waals surface area contributed by atoms with Crippen molar-refractivity contribution in [1.82, 2.24) is 88.6 Å². The highest BCUT2D eigenvalue weighted by Gasteiger charge is 2.34. The van der Waals surface area contributed by atoms with Crippen molar-refractivity contribution in [2.75, 3.05) is 63.1 Å². The number of nitrogens with two attached hydrogens (primary N) is 5. The van der Waals surface area contributed by atoms with E-state index in [-0.39, 0.29) is 114 Å². The molecule has 2 aliphatic rings. The van der Waals surface area contributed by atoms with Crippen molar-refractivity contribution in [3.63, 3.8) is 0 Å². The lowest BCUT2D eigenvalue weighted by Crippen LogP contribution is -2.54. The van der Waals surface area contributed by atoms with Crippen LogP contribution >= 0.6 is 24.4 Å². The molecule has 43 heteroatoms. The minimum absolute atomic E-state index is 0. The molecule has 26 N–H and O–H groups in total. The number of carboxylic acids is 5. The predicted molar refractivity (Wildman–Crippen MR) is 537 cm³/mol. The van der Waals surface area contributed by atoms with E-state index >= 15 is 0 Å². The van der Waals surface area contributed by atoms with E-state index in [0.717, 1.165) is 70.4 Å². The number of anilines is 2. The zero-order chi connectivity index (χ0) is 99.4. The van der Waals surface area contributed by atoms with Gasteiger partial charge in [-0.1, -0.05) is 100 Å². The van der Waals surface area contributed by atoms with Gasteiger partial charge in [0, 0.05) is 130 Å². The third kappa shape index (κ3) is 47.8. The molecule has 41 nitrogen and oxygen atoms in total. The van der Waals surface area contributed by atoms with Crippen LogP contribution in [0.15, 0.2) is 97.1 Å². The zero-order valence-electron chi connectivity index (χ0n) is 78.1. The van der Waals surface area contributed by atoms with Crippen molar-refractivity contribution in [1.29, 1.82) is 0 Å². The number of unbranched alkanes of at least 4 members (excludes halogenated alkanes) is 6. The van der Waals surface area contributed by atoms with Crippen LogP contribution in [0, 0.1) is 19.8 Å². The minimum Gasteiger partial charge on any atom is -0.481 e. The molecule has 139 heavy (non-hydrogen) atoms. The van der Waals surface area contributed by atoms with Crippen molar-refractivity contribution in [2.45, 2.75) is 294 Å². The highest BCUT2D eigenvalue weighted by atomic mass is 32.1. The Bertz CT molecular complexity index is 4760. The lowest BCUT2D eigenvalue weighted by Gasteiger charge is -2.31. The number of nitrogens with one attached hydrogen (secondary N) is 11. The second-order valence-corrected chi connectivity index (χ2v) is 35.8. The van der Waals surface area contributed by atoms with Gasteiger partial charge in [-0.05, 0) is 226 Å². The molecule has 2 aliphatic heterocycles. The summed E-state index contributed by atoms with van der Waals surface area (Å²) in [6.45, 7) is 6.68. The summed E-state index contributed by atoms with van der Waals surface area (Å²) in [5.41, 5.74) is 37.7. The maximum Gasteiger partial charge on any atom is 0.304 e. The minimum atomic E-state index is -1.04. The molecule has 2 saturated heterocycles. The van der Waals surface area contributed by atoms with E-state index in [9.17, 15) is 78.3 Å². The van der Waals surface area contributed by atoms with Gasteiger partial charge in [0.1, 0.15) is 24.0 Å². The van der Waals surface area contributed by atoms with Crippen LogP contribution < -0.4 is 87.2 Å². The Hall–Kier alpha value is -11.5. The fourth-order valence-corrected chi connectivity index (χ4v) is 16.3. The number of thiocarbonyl (C=S) groups is 2. The van der Waals surface area contributed by atoms with Crippen LogP contribution in [0.3, 0.4) is 0 Å². The first-order chi connectivity index (χ1) is 65.7. The van der Waals surface area contributed by atoms with Crippen LogP contribution in [0.5, 0.6) is 0 Å². The number of ether oxygens (including phenoxy) is 1. The molecule has 4 aromatic carbocycles. The van der Waals surface area contributed by atoms with Crippen LogP contribution in [0.1, 0.15) is 216 Å².